The molecular weight excluding hydrogens is 326 g/mol. The van der Waals surface area contributed by atoms with E-state index < -0.39 is 0 Å². The quantitative estimate of drug-likeness (QED) is 0.675. The number of piperidine rings is 1. The number of aliphatic imine (C=N–C) groups is 1. The maximum atomic E-state index is 6.17. The lowest BCUT2D eigenvalue weighted by molar-refractivity contribution is 0.0410. The molecule has 2 atom stereocenters. The second-order valence-electron chi connectivity index (χ2n) is 6.62. The molecule has 2 heterocycles. The van der Waals surface area contributed by atoms with Crippen LogP contribution in [-0.2, 0) is 4.74 Å². The molecule has 1 aliphatic heterocycles. The molecule has 1 aromatic heterocycles. The summed E-state index contributed by atoms with van der Waals surface area (Å²) in [6.45, 7) is 7.54. The summed E-state index contributed by atoms with van der Waals surface area (Å²) >= 11 is 0. The predicted octanol–water partition coefficient (Wildman–Crippen LogP) is 3.29. The van der Waals surface area contributed by atoms with Crippen LogP contribution in [-0.4, -0.2) is 53.7 Å². The van der Waals surface area contributed by atoms with Crippen LogP contribution in [0.5, 0.6) is 0 Å². The smallest absolute Gasteiger partial charge is 0.290 e. The number of nitrogens with zero attached hydrogens (tertiary/aromatic N) is 4. The number of ether oxygens (including phenoxy) is 1. The van der Waals surface area contributed by atoms with E-state index in [-0.39, 0.29) is 6.10 Å². The maximum absolute atomic E-state index is 6.17. The van der Waals surface area contributed by atoms with Crippen molar-refractivity contribution in [2.75, 3.05) is 32.0 Å². The SMILES string of the molecule is CCN1CCC(C)[C@@H](OC(=NC)Nc2cc(-c3ccccc3)ncn2)C1. The second kappa shape index (κ2) is 8.76. The Labute approximate surface area is 155 Å². The highest BCUT2D eigenvalue weighted by Crippen LogP contribution is 2.21. The van der Waals surface area contributed by atoms with Gasteiger partial charge in [-0.2, -0.15) is 0 Å². The number of rotatable bonds is 4. The zero-order valence-corrected chi connectivity index (χ0v) is 15.7. The lowest BCUT2D eigenvalue weighted by atomic mass is 9.96. The van der Waals surface area contributed by atoms with Crippen LogP contribution in [0.15, 0.2) is 47.7 Å². The van der Waals surface area contributed by atoms with E-state index in [1.807, 2.05) is 36.4 Å². The van der Waals surface area contributed by atoms with Crippen LogP contribution in [0.1, 0.15) is 20.3 Å². The van der Waals surface area contributed by atoms with Crippen LogP contribution in [0.3, 0.4) is 0 Å². The predicted molar refractivity (Wildman–Crippen MR) is 105 cm³/mol. The summed E-state index contributed by atoms with van der Waals surface area (Å²) in [6, 6.07) is 12.4. The summed E-state index contributed by atoms with van der Waals surface area (Å²) in [7, 11) is 1.73. The Kier molecular flexibility index (Phi) is 6.17. The molecule has 0 spiro atoms. The molecule has 0 radical (unpaired) electrons. The minimum absolute atomic E-state index is 0.130. The largest absolute Gasteiger partial charge is 0.460 e. The van der Waals surface area contributed by atoms with Crippen molar-refractivity contribution in [3.05, 3.63) is 42.7 Å². The molecule has 138 valence electrons. The molecule has 0 saturated carbocycles. The molecule has 1 aromatic carbocycles. The highest BCUT2D eigenvalue weighted by Gasteiger charge is 2.28. The van der Waals surface area contributed by atoms with Crippen molar-refractivity contribution in [1.29, 1.82) is 0 Å². The Balaban J connectivity index is 1.69. The molecule has 6 nitrogen and oxygen atoms in total. The molecule has 1 saturated heterocycles. The fourth-order valence-electron chi connectivity index (χ4n) is 3.12. The third-order valence-electron chi connectivity index (χ3n) is 4.86. The van der Waals surface area contributed by atoms with Gasteiger partial charge in [0.05, 0.1) is 5.69 Å². The van der Waals surface area contributed by atoms with Crippen LogP contribution in [0.25, 0.3) is 11.3 Å². The highest BCUT2D eigenvalue weighted by atomic mass is 16.5. The van der Waals surface area contributed by atoms with Crippen molar-refractivity contribution in [2.24, 2.45) is 10.9 Å². The summed E-state index contributed by atoms with van der Waals surface area (Å²) in [5, 5.41) is 3.20. The van der Waals surface area contributed by atoms with Crippen molar-refractivity contribution in [2.45, 2.75) is 26.4 Å². The van der Waals surface area contributed by atoms with Gasteiger partial charge in [0.15, 0.2) is 0 Å². The Morgan fingerprint density at radius 1 is 1.31 bits per heavy atom. The number of nitrogens with one attached hydrogen (secondary N) is 1. The van der Waals surface area contributed by atoms with Gasteiger partial charge in [0.2, 0.25) is 0 Å². The summed E-state index contributed by atoms with van der Waals surface area (Å²) in [4.78, 5) is 15.3. The second-order valence-corrected chi connectivity index (χ2v) is 6.62. The number of benzene rings is 1. The third kappa shape index (κ3) is 4.58. The molecule has 26 heavy (non-hydrogen) atoms. The Morgan fingerprint density at radius 3 is 2.85 bits per heavy atom. The molecule has 1 unspecified atom stereocenters. The Morgan fingerprint density at radius 2 is 2.12 bits per heavy atom. The van der Waals surface area contributed by atoms with Crippen molar-refractivity contribution in [3.63, 3.8) is 0 Å². The van der Waals surface area contributed by atoms with E-state index >= 15 is 0 Å². The number of likely N-dealkylation sites (tertiary alicyclic amines) is 1. The Bertz CT molecular complexity index is 734. The fourth-order valence-corrected chi connectivity index (χ4v) is 3.12. The van der Waals surface area contributed by atoms with Crippen molar-refractivity contribution < 1.29 is 4.74 Å². The van der Waals surface area contributed by atoms with Gasteiger partial charge in [-0.3, -0.25) is 10.2 Å². The number of aromatic nitrogens is 2. The summed E-state index contributed by atoms with van der Waals surface area (Å²) in [6.07, 6.45) is 2.83. The van der Waals surface area contributed by atoms with Gasteiger partial charge in [-0.1, -0.05) is 44.2 Å². The van der Waals surface area contributed by atoms with E-state index in [0.717, 1.165) is 37.3 Å². The summed E-state index contributed by atoms with van der Waals surface area (Å²) < 4.78 is 6.17. The molecule has 0 amide bonds. The van der Waals surface area contributed by atoms with Gasteiger partial charge in [0.25, 0.3) is 6.02 Å². The topological polar surface area (TPSA) is 62.6 Å². The molecule has 1 fully saturated rings. The first-order valence-electron chi connectivity index (χ1n) is 9.20. The molecular formula is C20H27N5O. The summed E-state index contributed by atoms with van der Waals surface area (Å²) in [5.74, 6) is 1.18. The average Bonchev–Trinajstić information content (AvgIpc) is 2.70. The van der Waals surface area contributed by atoms with Gasteiger partial charge in [-0.05, 0) is 25.4 Å². The van der Waals surface area contributed by atoms with E-state index in [2.05, 4.69) is 39.0 Å². The molecule has 1 aliphatic rings. The fraction of sp³-hybridized carbons (Fsp3) is 0.450. The lowest BCUT2D eigenvalue weighted by Gasteiger charge is -2.36. The first kappa shape index (κ1) is 18.3. The maximum Gasteiger partial charge on any atom is 0.290 e. The number of likely N-dealkylation sites (N-methyl/N-ethyl adjacent to an activating group) is 1. The van der Waals surface area contributed by atoms with E-state index in [4.69, 9.17) is 4.74 Å². The normalized spacial score (nSPS) is 21.4. The van der Waals surface area contributed by atoms with Gasteiger partial charge in [-0.15, -0.1) is 0 Å². The van der Waals surface area contributed by atoms with Gasteiger partial charge >= 0.3 is 0 Å². The van der Waals surface area contributed by atoms with E-state index in [9.17, 15) is 0 Å². The molecule has 2 aromatic rings. The van der Waals surface area contributed by atoms with E-state index in [1.54, 1.807) is 13.4 Å². The lowest BCUT2D eigenvalue weighted by Crippen LogP contribution is -2.45. The van der Waals surface area contributed by atoms with Crippen LogP contribution in [0.4, 0.5) is 5.82 Å². The molecule has 0 bridgehead atoms. The van der Waals surface area contributed by atoms with Gasteiger partial charge < -0.3 is 4.74 Å². The van der Waals surface area contributed by atoms with Crippen molar-refractivity contribution >= 4 is 11.8 Å². The highest BCUT2D eigenvalue weighted by molar-refractivity contribution is 5.88. The van der Waals surface area contributed by atoms with Crippen molar-refractivity contribution in [3.8, 4) is 11.3 Å². The standard InChI is InChI=1S/C20H27N5O/c1-4-25-11-10-15(2)18(13-25)26-20(21-3)24-19-12-17(22-14-23-19)16-8-6-5-7-9-16/h5-9,12,14-15,18H,4,10-11,13H2,1-3H3,(H,21,22,23,24)/t15?,18-/m0/s1. The van der Waals surface area contributed by atoms with Crippen LogP contribution in [0.2, 0.25) is 0 Å². The molecule has 1 N–H and O–H groups in total. The van der Waals surface area contributed by atoms with Crippen molar-refractivity contribution in [1.82, 2.24) is 14.9 Å². The number of anilines is 1. The van der Waals surface area contributed by atoms with Crippen LogP contribution < -0.4 is 5.32 Å². The minimum atomic E-state index is 0.130. The van der Waals surface area contributed by atoms with E-state index in [1.165, 1.54) is 0 Å². The number of hydrogen-bond acceptors (Lipinski definition) is 5. The summed E-state index contributed by atoms with van der Waals surface area (Å²) in [5.41, 5.74) is 1.91. The first-order chi connectivity index (χ1) is 12.7. The first-order valence-corrected chi connectivity index (χ1v) is 9.20. The third-order valence-corrected chi connectivity index (χ3v) is 4.86. The molecule has 3 rings (SSSR count). The monoisotopic (exact) mass is 353 g/mol. The van der Waals surface area contributed by atoms with Gasteiger partial charge in [-0.25, -0.2) is 15.0 Å². The number of amidine groups is 1. The van der Waals surface area contributed by atoms with Gasteiger partial charge in [0, 0.05) is 25.2 Å². The minimum Gasteiger partial charge on any atom is -0.460 e. The molecule has 0 aliphatic carbocycles. The van der Waals surface area contributed by atoms with Crippen LogP contribution >= 0.6 is 0 Å². The van der Waals surface area contributed by atoms with Crippen LogP contribution in [0, 0.1) is 5.92 Å². The zero-order valence-electron chi connectivity index (χ0n) is 15.7. The van der Waals surface area contributed by atoms with E-state index in [0.29, 0.717) is 17.8 Å². The average molecular weight is 353 g/mol. The number of hydrogen-bond donors (Lipinski definition) is 1. The van der Waals surface area contributed by atoms with Gasteiger partial charge in [0.1, 0.15) is 18.2 Å². The molecule has 6 heteroatoms. The zero-order chi connectivity index (χ0) is 18.4. The Hall–Kier alpha value is -2.47.